The predicted octanol–water partition coefficient (Wildman–Crippen LogP) is 2.72. The number of fused-ring (bicyclic) bond motifs is 3. The molecule has 1 aromatic rings. The van der Waals surface area contributed by atoms with Crippen LogP contribution in [0.3, 0.4) is 0 Å². The first-order valence-electron chi connectivity index (χ1n) is 6.65. The molecule has 0 saturated carbocycles. The van der Waals surface area contributed by atoms with Gasteiger partial charge in [-0.3, -0.25) is 5.41 Å². The van der Waals surface area contributed by atoms with Crippen molar-refractivity contribution >= 4 is 17.2 Å². The fourth-order valence-corrected chi connectivity index (χ4v) is 4.18. The Hall–Kier alpha value is -2.40. The standard InChI is InChI=1S/C15H12N4O2S/c1-9-13(2)20-11(10-4-3-5-22-10)15(8-18,12(19)21-13)14(9,6-16)7-17/h3-5,9,11,19H,1-2H3/t9-,11+,13-,15-/m1/s1. The smallest absolute Gasteiger partial charge is 0.215 e. The number of nitriles is 3. The van der Waals surface area contributed by atoms with E-state index in [0.29, 0.717) is 4.88 Å². The van der Waals surface area contributed by atoms with Crippen molar-refractivity contribution in [3.8, 4) is 18.2 Å². The summed E-state index contributed by atoms with van der Waals surface area (Å²) in [6, 6.07) is 9.61. The highest BCUT2D eigenvalue weighted by Gasteiger charge is 2.78. The van der Waals surface area contributed by atoms with Crippen molar-refractivity contribution in [2.24, 2.45) is 16.7 Å². The van der Waals surface area contributed by atoms with Crippen molar-refractivity contribution in [3.05, 3.63) is 22.4 Å². The summed E-state index contributed by atoms with van der Waals surface area (Å²) in [7, 11) is 0. The van der Waals surface area contributed by atoms with Crippen molar-refractivity contribution in [2.75, 3.05) is 0 Å². The number of nitrogens with one attached hydrogen (secondary N) is 1. The Morgan fingerprint density at radius 3 is 2.45 bits per heavy atom. The van der Waals surface area contributed by atoms with E-state index in [1.807, 2.05) is 23.6 Å². The summed E-state index contributed by atoms with van der Waals surface area (Å²) >= 11 is 1.36. The van der Waals surface area contributed by atoms with Crippen LogP contribution in [-0.2, 0) is 9.47 Å². The predicted molar refractivity (Wildman–Crippen MR) is 76.2 cm³/mol. The van der Waals surface area contributed by atoms with E-state index in [1.54, 1.807) is 26.0 Å². The van der Waals surface area contributed by atoms with Gasteiger partial charge in [0.25, 0.3) is 0 Å². The molecule has 0 aromatic carbocycles. The molecule has 2 bridgehead atoms. The van der Waals surface area contributed by atoms with Crippen molar-refractivity contribution < 1.29 is 9.47 Å². The molecule has 110 valence electrons. The Morgan fingerprint density at radius 2 is 1.95 bits per heavy atom. The first-order chi connectivity index (χ1) is 10.4. The largest absolute Gasteiger partial charge is 0.448 e. The van der Waals surface area contributed by atoms with Crippen molar-refractivity contribution in [3.63, 3.8) is 0 Å². The number of rotatable bonds is 1. The van der Waals surface area contributed by atoms with Gasteiger partial charge in [0.2, 0.25) is 11.7 Å². The molecule has 4 rings (SSSR count). The van der Waals surface area contributed by atoms with Crippen LogP contribution in [0.5, 0.6) is 0 Å². The summed E-state index contributed by atoms with van der Waals surface area (Å²) < 4.78 is 11.5. The minimum atomic E-state index is -1.78. The second kappa shape index (κ2) is 4.30. The molecule has 4 heterocycles. The van der Waals surface area contributed by atoms with Crippen LogP contribution in [0.25, 0.3) is 0 Å². The molecule has 3 aliphatic heterocycles. The van der Waals surface area contributed by atoms with Crippen LogP contribution in [0.15, 0.2) is 17.5 Å². The third-order valence-corrected chi connectivity index (χ3v) is 5.71. The molecule has 0 spiro atoms. The number of hydrogen-bond acceptors (Lipinski definition) is 7. The number of thiophene rings is 1. The van der Waals surface area contributed by atoms with Crippen molar-refractivity contribution in [1.82, 2.24) is 0 Å². The van der Waals surface area contributed by atoms with E-state index >= 15 is 0 Å². The minimum Gasteiger partial charge on any atom is -0.448 e. The van der Waals surface area contributed by atoms with Crippen LogP contribution in [0.1, 0.15) is 24.8 Å². The van der Waals surface area contributed by atoms with Gasteiger partial charge in [-0.15, -0.1) is 11.3 Å². The van der Waals surface area contributed by atoms with E-state index in [-0.39, 0.29) is 5.90 Å². The maximum absolute atomic E-state index is 9.86. The Bertz CT molecular complexity index is 755. The zero-order chi connectivity index (χ0) is 16.2. The molecule has 0 aliphatic carbocycles. The first-order valence-corrected chi connectivity index (χ1v) is 7.53. The van der Waals surface area contributed by atoms with Gasteiger partial charge in [-0.05, 0) is 11.4 Å². The van der Waals surface area contributed by atoms with Crippen LogP contribution >= 0.6 is 11.3 Å². The molecule has 3 aliphatic rings. The molecule has 22 heavy (non-hydrogen) atoms. The summed E-state index contributed by atoms with van der Waals surface area (Å²) in [6.45, 7) is 3.26. The lowest BCUT2D eigenvalue weighted by Gasteiger charge is -2.60. The molecular formula is C15H12N4O2S. The molecule has 3 saturated heterocycles. The molecule has 7 heteroatoms. The molecule has 6 nitrogen and oxygen atoms in total. The van der Waals surface area contributed by atoms with E-state index < -0.39 is 28.6 Å². The summed E-state index contributed by atoms with van der Waals surface area (Å²) in [5.74, 6) is -2.35. The zero-order valence-corrected chi connectivity index (χ0v) is 12.8. The lowest BCUT2D eigenvalue weighted by Crippen LogP contribution is -2.71. The molecule has 1 aromatic heterocycles. The average molecular weight is 312 g/mol. The normalized spacial score (nSPS) is 38.4. The SMILES string of the molecule is C[C@H]1C(C#N)(C#N)[C@@]2(C#N)C(=N)O[C@@]1(C)O[C@H]2c1cccs1. The van der Waals surface area contributed by atoms with E-state index in [1.165, 1.54) is 11.3 Å². The molecule has 4 atom stereocenters. The molecule has 1 N–H and O–H groups in total. The van der Waals surface area contributed by atoms with Crippen LogP contribution in [-0.4, -0.2) is 11.7 Å². The minimum absolute atomic E-state index is 0.372. The Balaban J connectivity index is 2.35. The summed E-state index contributed by atoms with van der Waals surface area (Å²) in [6.07, 6.45) is -0.876. The lowest BCUT2D eigenvalue weighted by atomic mass is 9.51. The van der Waals surface area contributed by atoms with E-state index in [4.69, 9.17) is 14.9 Å². The van der Waals surface area contributed by atoms with Crippen LogP contribution in [0.4, 0.5) is 0 Å². The summed E-state index contributed by atoms with van der Waals surface area (Å²) in [4.78, 5) is 0.697. The van der Waals surface area contributed by atoms with E-state index in [2.05, 4.69) is 0 Å². The summed E-state index contributed by atoms with van der Waals surface area (Å²) in [5, 5.41) is 39.4. The van der Waals surface area contributed by atoms with Crippen LogP contribution in [0.2, 0.25) is 0 Å². The molecular weight excluding hydrogens is 300 g/mol. The van der Waals surface area contributed by atoms with E-state index in [9.17, 15) is 15.8 Å². The van der Waals surface area contributed by atoms with Gasteiger partial charge in [0.15, 0.2) is 10.8 Å². The zero-order valence-electron chi connectivity index (χ0n) is 12.0. The fraction of sp³-hybridized carbons (Fsp3) is 0.467. The number of ether oxygens (including phenoxy) is 2. The topological polar surface area (TPSA) is 114 Å². The van der Waals surface area contributed by atoms with E-state index in [0.717, 1.165) is 0 Å². The molecule has 0 unspecified atom stereocenters. The van der Waals surface area contributed by atoms with Gasteiger partial charge in [0.05, 0.1) is 24.1 Å². The van der Waals surface area contributed by atoms with Gasteiger partial charge in [-0.25, -0.2) is 0 Å². The highest BCUT2D eigenvalue weighted by atomic mass is 32.1. The maximum atomic E-state index is 9.86. The van der Waals surface area contributed by atoms with Crippen molar-refractivity contribution in [1.29, 1.82) is 21.2 Å². The lowest BCUT2D eigenvalue weighted by molar-refractivity contribution is -0.337. The van der Waals surface area contributed by atoms with Gasteiger partial charge >= 0.3 is 0 Å². The Labute approximate surface area is 131 Å². The quantitative estimate of drug-likeness (QED) is 0.856. The third kappa shape index (κ3) is 1.32. The second-order valence-corrected chi connectivity index (χ2v) is 6.61. The second-order valence-electron chi connectivity index (χ2n) is 5.63. The Morgan fingerprint density at radius 1 is 1.27 bits per heavy atom. The monoisotopic (exact) mass is 312 g/mol. The summed E-state index contributed by atoms with van der Waals surface area (Å²) in [5.41, 5.74) is -3.49. The number of hydrogen-bond donors (Lipinski definition) is 1. The fourth-order valence-electron chi connectivity index (χ4n) is 3.36. The van der Waals surface area contributed by atoms with Gasteiger partial charge in [-0.1, -0.05) is 13.0 Å². The van der Waals surface area contributed by atoms with Gasteiger partial charge in [0.1, 0.15) is 6.10 Å². The highest BCUT2D eigenvalue weighted by molar-refractivity contribution is 7.10. The first kappa shape index (κ1) is 14.5. The average Bonchev–Trinajstić information content (AvgIpc) is 3.03. The number of nitrogens with zero attached hydrogens (tertiary/aromatic N) is 3. The van der Waals surface area contributed by atoms with Gasteiger partial charge < -0.3 is 9.47 Å². The van der Waals surface area contributed by atoms with Crippen LogP contribution in [0, 0.1) is 56.2 Å². The van der Waals surface area contributed by atoms with Gasteiger partial charge in [-0.2, -0.15) is 15.8 Å². The van der Waals surface area contributed by atoms with Crippen LogP contribution < -0.4 is 0 Å². The van der Waals surface area contributed by atoms with Crippen molar-refractivity contribution in [2.45, 2.75) is 25.7 Å². The molecule has 0 radical (unpaired) electrons. The third-order valence-electron chi connectivity index (χ3n) is 4.80. The Kier molecular flexibility index (Phi) is 2.84. The van der Waals surface area contributed by atoms with Gasteiger partial charge in [0, 0.05) is 11.8 Å². The highest BCUT2D eigenvalue weighted by Crippen LogP contribution is 2.66. The molecule has 0 amide bonds. The maximum Gasteiger partial charge on any atom is 0.215 e. The molecule has 3 fully saturated rings.